The number of amides is 1. The first-order valence-corrected chi connectivity index (χ1v) is 15.7. The van der Waals surface area contributed by atoms with Crippen molar-refractivity contribution in [3.8, 4) is 0 Å². The van der Waals surface area contributed by atoms with E-state index in [0.717, 1.165) is 18.2 Å². The number of halogens is 5. The molecule has 4 rings (SSSR count). The van der Waals surface area contributed by atoms with Crippen molar-refractivity contribution < 1.29 is 18.0 Å². The van der Waals surface area contributed by atoms with Crippen LogP contribution >= 0.6 is 23.2 Å². The lowest BCUT2D eigenvalue weighted by Gasteiger charge is -2.38. The number of nitrogens with zero attached hydrogens (tertiary/aromatic N) is 3. The highest BCUT2D eigenvalue weighted by Gasteiger charge is 2.33. The minimum atomic E-state index is -4.45. The molecule has 1 unspecified atom stereocenters. The summed E-state index contributed by atoms with van der Waals surface area (Å²) in [6, 6.07) is 18.8. The van der Waals surface area contributed by atoms with E-state index in [0.29, 0.717) is 60.4 Å². The molecule has 238 valence electrons. The Morgan fingerprint density at radius 1 is 0.955 bits per heavy atom. The Morgan fingerprint density at radius 3 is 2.25 bits per heavy atom. The Kier molecular flexibility index (Phi) is 11.6. The molecule has 3 aromatic carbocycles. The van der Waals surface area contributed by atoms with Gasteiger partial charge in [0.2, 0.25) is 5.91 Å². The first-order chi connectivity index (χ1) is 20.8. The molecule has 0 spiro atoms. The van der Waals surface area contributed by atoms with E-state index in [1.165, 1.54) is 17.7 Å². The second-order valence-electron chi connectivity index (χ2n) is 12.1. The highest BCUT2D eigenvalue weighted by Crippen LogP contribution is 2.37. The highest BCUT2D eigenvalue weighted by molar-refractivity contribution is 6.35. The molecule has 5 nitrogen and oxygen atoms in total. The van der Waals surface area contributed by atoms with Crippen LogP contribution in [0, 0.1) is 5.92 Å². The van der Waals surface area contributed by atoms with Gasteiger partial charge in [-0.25, -0.2) is 0 Å². The Labute approximate surface area is 268 Å². The van der Waals surface area contributed by atoms with Gasteiger partial charge in [-0.15, -0.1) is 0 Å². The molecule has 2 atom stereocenters. The summed E-state index contributed by atoms with van der Waals surface area (Å²) in [6.45, 7) is 7.26. The summed E-state index contributed by atoms with van der Waals surface area (Å²) in [7, 11) is 2.03. The van der Waals surface area contributed by atoms with Crippen LogP contribution in [0.5, 0.6) is 0 Å². The maximum atomic E-state index is 13.7. The molecule has 0 aliphatic carbocycles. The minimum absolute atomic E-state index is 0.0120. The number of hydrogen-bond acceptors (Lipinski definition) is 4. The zero-order valence-electron chi connectivity index (χ0n) is 25.5. The van der Waals surface area contributed by atoms with Crippen LogP contribution in [0.1, 0.15) is 60.9 Å². The van der Waals surface area contributed by atoms with Gasteiger partial charge in [0.1, 0.15) is 0 Å². The maximum absolute atomic E-state index is 13.7. The predicted molar refractivity (Wildman–Crippen MR) is 173 cm³/mol. The van der Waals surface area contributed by atoms with E-state index in [2.05, 4.69) is 17.0 Å². The summed E-state index contributed by atoms with van der Waals surface area (Å²) in [5, 5.41) is 1.06. The molecule has 44 heavy (non-hydrogen) atoms. The molecule has 1 aliphatic heterocycles. The second-order valence-corrected chi connectivity index (χ2v) is 13.0. The number of carbonyl (C=O) groups excluding carboxylic acids is 1. The molecule has 0 bridgehead atoms. The van der Waals surface area contributed by atoms with Gasteiger partial charge < -0.3 is 20.4 Å². The molecule has 10 heteroatoms. The van der Waals surface area contributed by atoms with Gasteiger partial charge in [0, 0.05) is 73.4 Å². The second kappa shape index (κ2) is 15.0. The summed E-state index contributed by atoms with van der Waals surface area (Å²) >= 11 is 12.8. The molecule has 3 aromatic rings. The molecule has 0 radical (unpaired) electrons. The first kappa shape index (κ1) is 34.1. The van der Waals surface area contributed by atoms with Crippen LogP contribution < -0.4 is 10.6 Å². The number of benzene rings is 3. The number of carbonyl (C=O) groups is 1. The average molecular weight is 650 g/mol. The molecule has 1 heterocycles. The van der Waals surface area contributed by atoms with E-state index < -0.39 is 17.8 Å². The van der Waals surface area contributed by atoms with E-state index in [4.69, 9.17) is 28.9 Å². The molecule has 1 aliphatic rings. The van der Waals surface area contributed by atoms with Crippen LogP contribution in [0.3, 0.4) is 0 Å². The number of alkyl halides is 3. The van der Waals surface area contributed by atoms with Gasteiger partial charge in [-0.05, 0) is 66.4 Å². The Morgan fingerprint density at radius 2 is 1.64 bits per heavy atom. The fourth-order valence-electron chi connectivity index (χ4n) is 5.93. The average Bonchev–Trinajstić information content (AvgIpc) is 2.96. The lowest BCUT2D eigenvalue weighted by Crippen LogP contribution is -2.49. The van der Waals surface area contributed by atoms with Crippen molar-refractivity contribution in [1.82, 2.24) is 9.80 Å². The summed E-state index contributed by atoms with van der Waals surface area (Å²) in [6.07, 6.45) is -3.61. The Bertz CT molecular complexity index is 1400. The summed E-state index contributed by atoms with van der Waals surface area (Å²) in [4.78, 5) is 19.7. The fraction of sp³-hybridized carbons (Fsp3) is 0.441. The third-order valence-electron chi connectivity index (χ3n) is 8.10. The molecular weight excluding hydrogens is 608 g/mol. The Hall–Kier alpha value is -2.78. The summed E-state index contributed by atoms with van der Waals surface area (Å²) in [5.41, 5.74) is 8.97. The first-order valence-electron chi connectivity index (χ1n) is 15.0. The van der Waals surface area contributed by atoms with Crippen LogP contribution in [0.25, 0.3) is 0 Å². The number of piperazine rings is 1. The molecule has 0 saturated carbocycles. The van der Waals surface area contributed by atoms with Crippen molar-refractivity contribution in [2.45, 2.75) is 51.4 Å². The summed E-state index contributed by atoms with van der Waals surface area (Å²) < 4.78 is 40.7. The lowest BCUT2D eigenvalue weighted by atomic mass is 9.93. The van der Waals surface area contributed by atoms with Crippen LogP contribution in [0.4, 0.5) is 18.9 Å². The topological polar surface area (TPSA) is 52.8 Å². The van der Waals surface area contributed by atoms with Crippen LogP contribution in [-0.2, 0) is 17.5 Å². The van der Waals surface area contributed by atoms with E-state index in [1.54, 1.807) is 12.1 Å². The van der Waals surface area contributed by atoms with Gasteiger partial charge in [-0.2, -0.15) is 13.2 Å². The van der Waals surface area contributed by atoms with E-state index in [1.807, 2.05) is 55.0 Å². The number of anilines is 1. The molecule has 1 amide bonds. The number of likely N-dealkylation sites (N-methyl/N-ethyl adjacent to an activating group) is 1. The third kappa shape index (κ3) is 9.13. The van der Waals surface area contributed by atoms with E-state index >= 15 is 0 Å². The molecule has 1 fully saturated rings. The van der Waals surface area contributed by atoms with Gasteiger partial charge in [-0.3, -0.25) is 4.79 Å². The molecule has 2 N–H and O–H groups in total. The largest absolute Gasteiger partial charge is 0.416 e. The van der Waals surface area contributed by atoms with Crippen LogP contribution in [0.2, 0.25) is 10.0 Å². The van der Waals surface area contributed by atoms with Gasteiger partial charge in [-0.1, -0.05) is 73.4 Å². The van der Waals surface area contributed by atoms with Crippen LogP contribution in [0.15, 0.2) is 66.7 Å². The SMILES string of the molecule is CC(C)C[C@H](N)c1cc(C(F)(F)F)ccc1N1CCN(C(=O)CC(CN(C)Cc2ccccc2)c2ccc(Cl)cc2Cl)CC1. The standard InChI is InChI=1S/C34H41Cl2F3N4O/c1-23(2)17-31(40)29-19-26(34(37,38)39)9-12-32(29)42-13-15-43(16-14-42)33(44)18-25(28-11-10-27(35)20-30(28)36)22-41(3)21-24-7-5-4-6-8-24/h4-12,19-20,23,25,31H,13-18,21-22,40H2,1-3H3/t25?,31-/m0/s1. The van der Waals surface area contributed by atoms with Crippen LogP contribution in [-0.4, -0.2) is 55.5 Å². The van der Waals surface area contributed by atoms with Crippen molar-refractivity contribution in [3.05, 3.63) is 99.0 Å². The molecule has 1 saturated heterocycles. The van der Waals surface area contributed by atoms with Gasteiger partial charge in [0.05, 0.1) is 5.56 Å². The highest BCUT2D eigenvalue weighted by atomic mass is 35.5. The lowest BCUT2D eigenvalue weighted by molar-refractivity contribution is -0.137. The number of rotatable bonds is 11. The van der Waals surface area contributed by atoms with Gasteiger partial charge >= 0.3 is 6.18 Å². The minimum Gasteiger partial charge on any atom is -0.368 e. The monoisotopic (exact) mass is 648 g/mol. The van der Waals surface area contributed by atoms with Gasteiger partial charge in [0.25, 0.3) is 0 Å². The van der Waals surface area contributed by atoms with Crippen molar-refractivity contribution in [2.24, 2.45) is 11.7 Å². The molecular formula is C34H41Cl2F3N4O. The van der Waals surface area contributed by atoms with Crippen molar-refractivity contribution >= 4 is 34.8 Å². The van der Waals surface area contributed by atoms with E-state index in [-0.39, 0.29) is 24.2 Å². The van der Waals surface area contributed by atoms with Gasteiger partial charge in [0.15, 0.2) is 0 Å². The third-order valence-corrected chi connectivity index (χ3v) is 8.67. The number of nitrogens with two attached hydrogens (primary N) is 1. The predicted octanol–water partition coefficient (Wildman–Crippen LogP) is 8.01. The Balaban J connectivity index is 1.47. The molecule has 0 aromatic heterocycles. The fourth-order valence-corrected chi connectivity index (χ4v) is 6.49. The smallest absolute Gasteiger partial charge is 0.368 e. The zero-order chi connectivity index (χ0) is 32.0. The quantitative estimate of drug-likeness (QED) is 0.229. The number of hydrogen-bond donors (Lipinski definition) is 1. The van der Waals surface area contributed by atoms with Crippen molar-refractivity contribution in [3.63, 3.8) is 0 Å². The van der Waals surface area contributed by atoms with Crippen molar-refractivity contribution in [1.29, 1.82) is 0 Å². The normalized spacial score (nSPS) is 15.6. The van der Waals surface area contributed by atoms with E-state index in [9.17, 15) is 18.0 Å². The summed E-state index contributed by atoms with van der Waals surface area (Å²) in [5.74, 6) is 0.0863. The zero-order valence-corrected chi connectivity index (χ0v) is 27.0. The van der Waals surface area contributed by atoms with Crippen molar-refractivity contribution in [2.75, 3.05) is 44.7 Å². The maximum Gasteiger partial charge on any atom is 0.416 e.